The van der Waals surface area contributed by atoms with Gasteiger partial charge in [0.25, 0.3) is 5.91 Å². The van der Waals surface area contributed by atoms with Crippen molar-refractivity contribution in [2.45, 2.75) is 0 Å². The summed E-state index contributed by atoms with van der Waals surface area (Å²) < 4.78 is 0. The topological polar surface area (TPSA) is 93.4 Å². The highest BCUT2D eigenvalue weighted by atomic mass is 16.3. The Hall–Kier alpha value is -4.11. The Balaban J connectivity index is 1.79. The van der Waals surface area contributed by atoms with Gasteiger partial charge in [0, 0.05) is 10.8 Å². The van der Waals surface area contributed by atoms with E-state index in [-0.39, 0.29) is 11.4 Å². The SMILES string of the molecule is N#Cc1ccc(N2C(=O)NC(=Cc3ccc(O)cc3)C2=O)c2ccccc12. The number of phenolic OH excluding ortho intramolecular Hbond substituents is 1. The van der Waals surface area contributed by atoms with Gasteiger partial charge in [0.15, 0.2) is 0 Å². The maximum Gasteiger partial charge on any atom is 0.333 e. The molecule has 0 bridgehead atoms. The van der Waals surface area contributed by atoms with E-state index in [2.05, 4.69) is 11.4 Å². The first-order chi connectivity index (χ1) is 13.1. The van der Waals surface area contributed by atoms with Gasteiger partial charge in [-0.1, -0.05) is 36.4 Å². The maximum atomic E-state index is 12.8. The number of nitrogens with one attached hydrogen (secondary N) is 1. The molecule has 1 heterocycles. The summed E-state index contributed by atoms with van der Waals surface area (Å²) in [6.45, 7) is 0. The normalized spacial score (nSPS) is 15.2. The molecule has 6 nitrogen and oxygen atoms in total. The lowest BCUT2D eigenvalue weighted by molar-refractivity contribution is -0.113. The monoisotopic (exact) mass is 355 g/mol. The quantitative estimate of drug-likeness (QED) is 0.543. The van der Waals surface area contributed by atoms with Gasteiger partial charge in [-0.05, 0) is 35.9 Å². The van der Waals surface area contributed by atoms with Crippen molar-refractivity contribution in [2.75, 3.05) is 4.90 Å². The smallest absolute Gasteiger partial charge is 0.333 e. The Labute approximate surface area is 154 Å². The zero-order valence-corrected chi connectivity index (χ0v) is 14.0. The molecule has 0 saturated carbocycles. The third-order valence-corrected chi connectivity index (χ3v) is 4.34. The summed E-state index contributed by atoms with van der Waals surface area (Å²) >= 11 is 0. The highest BCUT2D eigenvalue weighted by Crippen LogP contribution is 2.32. The summed E-state index contributed by atoms with van der Waals surface area (Å²) in [5.74, 6) is -0.368. The van der Waals surface area contributed by atoms with Gasteiger partial charge in [-0.15, -0.1) is 0 Å². The van der Waals surface area contributed by atoms with Crippen molar-refractivity contribution in [3.05, 3.63) is 77.5 Å². The van der Waals surface area contributed by atoms with Gasteiger partial charge in [-0.2, -0.15) is 5.26 Å². The molecule has 0 aliphatic carbocycles. The Bertz CT molecular complexity index is 1160. The van der Waals surface area contributed by atoms with E-state index < -0.39 is 11.9 Å². The fourth-order valence-corrected chi connectivity index (χ4v) is 3.07. The molecule has 0 unspecified atom stereocenters. The van der Waals surface area contributed by atoms with Gasteiger partial charge in [0.1, 0.15) is 11.4 Å². The van der Waals surface area contributed by atoms with E-state index in [1.54, 1.807) is 54.6 Å². The predicted molar refractivity (Wildman–Crippen MR) is 101 cm³/mol. The number of benzene rings is 3. The lowest BCUT2D eigenvalue weighted by atomic mass is 10.0. The van der Waals surface area contributed by atoms with Gasteiger partial charge >= 0.3 is 6.03 Å². The van der Waals surface area contributed by atoms with Crippen LogP contribution in [0.3, 0.4) is 0 Å². The fourth-order valence-electron chi connectivity index (χ4n) is 3.07. The minimum atomic E-state index is -0.556. The van der Waals surface area contributed by atoms with Crippen molar-refractivity contribution in [1.29, 1.82) is 5.26 Å². The molecule has 0 spiro atoms. The Morgan fingerprint density at radius 2 is 1.67 bits per heavy atom. The highest BCUT2D eigenvalue weighted by Gasteiger charge is 2.35. The zero-order chi connectivity index (χ0) is 19.0. The number of aromatic hydroxyl groups is 1. The maximum absolute atomic E-state index is 12.8. The number of imide groups is 1. The number of nitriles is 1. The lowest BCUT2D eigenvalue weighted by Gasteiger charge is -2.15. The van der Waals surface area contributed by atoms with Gasteiger partial charge in [-0.25, -0.2) is 9.69 Å². The molecule has 3 aromatic rings. The van der Waals surface area contributed by atoms with Crippen LogP contribution >= 0.6 is 0 Å². The minimum absolute atomic E-state index is 0.115. The third kappa shape index (κ3) is 2.77. The van der Waals surface area contributed by atoms with Crippen LogP contribution in [0.25, 0.3) is 16.8 Å². The summed E-state index contributed by atoms with van der Waals surface area (Å²) in [5, 5.41) is 22.5. The Morgan fingerprint density at radius 1 is 0.963 bits per heavy atom. The number of rotatable bonds is 2. The van der Waals surface area contributed by atoms with E-state index in [0.29, 0.717) is 27.6 Å². The molecule has 3 amide bonds. The van der Waals surface area contributed by atoms with Crippen molar-refractivity contribution in [3.8, 4) is 11.8 Å². The zero-order valence-electron chi connectivity index (χ0n) is 14.0. The molecule has 1 fully saturated rings. The summed E-state index contributed by atoms with van der Waals surface area (Å²) in [4.78, 5) is 26.4. The number of anilines is 1. The fraction of sp³-hybridized carbons (Fsp3) is 0. The van der Waals surface area contributed by atoms with Crippen LogP contribution in [-0.4, -0.2) is 17.0 Å². The average Bonchev–Trinajstić information content (AvgIpc) is 2.96. The summed E-state index contributed by atoms with van der Waals surface area (Å²) in [7, 11) is 0. The molecule has 3 aromatic carbocycles. The highest BCUT2D eigenvalue weighted by molar-refractivity contribution is 6.30. The van der Waals surface area contributed by atoms with Crippen molar-refractivity contribution in [1.82, 2.24) is 5.32 Å². The molecule has 130 valence electrons. The minimum Gasteiger partial charge on any atom is -0.508 e. The van der Waals surface area contributed by atoms with Crippen LogP contribution in [0.4, 0.5) is 10.5 Å². The van der Waals surface area contributed by atoms with Crippen LogP contribution in [0.5, 0.6) is 5.75 Å². The second-order valence-electron chi connectivity index (χ2n) is 6.01. The number of carbonyl (C=O) groups is 2. The van der Waals surface area contributed by atoms with Crippen LogP contribution in [0.1, 0.15) is 11.1 Å². The van der Waals surface area contributed by atoms with Crippen molar-refractivity contribution in [2.24, 2.45) is 0 Å². The Morgan fingerprint density at radius 3 is 2.37 bits per heavy atom. The molecule has 0 aromatic heterocycles. The summed E-state index contributed by atoms with van der Waals surface area (Å²) in [5.41, 5.74) is 1.70. The molecule has 0 atom stereocenters. The van der Waals surface area contributed by atoms with Crippen molar-refractivity contribution >= 4 is 34.5 Å². The first-order valence-electron chi connectivity index (χ1n) is 8.16. The van der Waals surface area contributed by atoms with E-state index in [9.17, 15) is 20.0 Å². The molecule has 0 radical (unpaired) electrons. The van der Waals surface area contributed by atoms with Gasteiger partial charge in [0.05, 0.1) is 17.3 Å². The van der Waals surface area contributed by atoms with Crippen LogP contribution < -0.4 is 10.2 Å². The number of nitrogens with zero attached hydrogens (tertiary/aromatic N) is 2. The van der Waals surface area contributed by atoms with Gasteiger partial charge in [-0.3, -0.25) is 4.79 Å². The molecular formula is C21H13N3O3. The van der Waals surface area contributed by atoms with E-state index in [1.165, 1.54) is 12.1 Å². The van der Waals surface area contributed by atoms with Crippen molar-refractivity contribution < 1.29 is 14.7 Å². The average molecular weight is 355 g/mol. The number of fused-ring (bicyclic) bond motifs is 1. The second-order valence-corrected chi connectivity index (χ2v) is 6.01. The second kappa shape index (κ2) is 6.32. The standard InChI is InChI=1S/C21H13N3O3/c22-12-14-7-10-19(17-4-2-1-3-16(14)17)24-20(26)18(23-21(24)27)11-13-5-8-15(25)9-6-13/h1-11,25H,(H,23,27). The number of urea groups is 1. The van der Waals surface area contributed by atoms with Crippen LogP contribution in [0.15, 0.2) is 66.4 Å². The molecule has 6 heteroatoms. The van der Waals surface area contributed by atoms with Crippen LogP contribution in [-0.2, 0) is 4.79 Å². The van der Waals surface area contributed by atoms with Crippen molar-refractivity contribution in [3.63, 3.8) is 0 Å². The number of phenols is 1. The van der Waals surface area contributed by atoms with E-state index >= 15 is 0 Å². The number of carbonyl (C=O) groups excluding carboxylic acids is 2. The van der Waals surface area contributed by atoms with E-state index in [0.717, 1.165) is 4.90 Å². The molecule has 1 saturated heterocycles. The largest absolute Gasteiger partial charge is 0.508 e. The first kappa shape index (κ1) is 16.4. The van der Waals surface area contributed by atoms with Gasteiger partial charge < -0.3 is 10.4 Å². The molecule has 27 heavy (non-hydrogen) atoms. The lowest BCUT2D eigenvalue weighted by Crippen LogP contribution is -2.30. The predicted octanol–water partition coefficient (Wildman–Crippen LogP) is 3.51. The molecule has 1 aliphatic heterocycles. The molecule has 4 rings (SSSR count). The third-order valence-electron chi connectivity index (χ3n) is 4.34. The van der Waals surface area contributed by atoms with E-state index in [1.807, 2.05) is 0 Å². The summed E-state index contributed by atoms with van der Waals surface area (Å²) in [6.07, 6.45) is 1.55. The van der Waals surface area contributed by atoms with E-state index in [4.69, 9.17) is 0 Å². The molecule has 2 N–H and O–H groups in total. The van der Waals surface area contributed by atoms with Crippen LogP contribution in [0, 0.1) is 11.3 Å². The number of amides is 3. The summed E-state index contributed by atoms with van der Waals surface area (Å²) in [6, 6.07) is 18.2. The number of hydrogen-bond acceptors (Lipinski definition) is 4. The van der Waals surface area contributed by atoms with Gasteiger partial charge in [0.2, 0.25) is 0 Å². The first-order valence-corrected chi connectivity index (χ1v) is 8.16. The molecule has 1 aliphatic rings. The molecular weight excluding hydrogens is 342 g/mol. The Kier molecular flexibility index (Phi) is 3.83. The number of hydrogen-bond donors (Lipinski definition) is 2. The van der Waals surface area contributed by atoms with Crippen LogP contribution in [0.2, 0.25) is 0 Å².